The van der Waals surface area contributed by atoms with E-state index in [4.69, 9.17) is 9.47 Å². The highest BCUT2D eigenvalue weighted by atomic mass is 32.1. The first kappa shape index (κ1) is 11.3. The van der Waals surface area contributed by atoms with E-state index in [0.29, 0.717) is 17.0 Å². The number of ketones is 1. The third-order valence-electron chi connectivity index (χ3n) is 2.99. The van der Waals surface area contributed by atoms with E-state index in [1.54, 1.807) is 13.2 Å². The minimum atomic E-state index is 0.0398. The molecule has 1 aliphatic rings. The van der Waals surface area contributed by atoms with Crippen LogP contribution in [0.15, 0.2) is 29.6 Å². The molecule has 3 rings (SSSR count). The molecule has 92 valence electrons. The third-order valence-corrected chi connectivity index (χ3v) is 3.89. The lowest BCUT2D eigenvalue weighted by Crippen LogP contribution is -1.99. The molecule has 3 nitrogen and oxygen atoms in total. The summed E-state index contributed by atoms with van der Waals surface area (Å²) in [6.07, 6.45) is 0.879. The Bertz CT molecular complexity index is 601. The maximum Gasteiger partial charge on any atom is 0.203 e. The fourth-order valence-corrected chi connectivity index (χ4v) is 2.83. The molecule has 1 aromatic carbocycles. The van der Waals surface area contributed by atoms with Crippen LogP contribution in [0.2, 0.25) is 0 Å². The highest BCUT2D eigenvalue weighted by molar-refractivity contribution is 7.12. The first-order valence-corrected chi connectivity index (χ1v) is 6.59. The van der Waals surface area contributed by atoms with Crippen molar-refractivity contribution in [2.75, 3.05) is 13.7 Å². The molecule has 0 aliphatic carbocycles. The summed E-state index contributed by atoms with van der Waals surface area (Å²) < 4.78 is 10.5. The minimum absolute atomic E-state index is 0.0398. The predicted octanol–water partition coefficient (Wildman–Crippen LogP) is 2.92. The zero-order valence-corrected chi connectivity index (χ0v) is 10.8. The maximum absolute atomic E-state index is 12.3. The smallest absolute Gasteiger partial charge is 0.203 e. The molecule has 4 heteroatoms. The number of methoxy groups -OCH3 is 1. The van der Waals surface area contributed by atoms with E-state index in [0.717, 1.165) is 23.5 Å². The van der Waals surface area contributed by atoms with E-state index in [1.807, 2.05) is 23.6 Å². The van der Waals surface area contributed by atoms with Crippen molar-refractivity contribution in [3.05, 3.63) is 45.6 Å². The zero-order chi connectivity index (χ0) is 12.5. The number of fused-ring (bicyclic) bond motifs is 1. The van der Waals surface area contributed by atoms with Gasteiger partial charge in [0.15, 0.2) is 0 Å². The van der Waals surface area contributed by atoms with Crippen LogP contribution in [0.3, 0.4) is 0 Å². The summed E-state index contributed by atoms with van der Waals surface area (Å²) in [6, 6.07) is 7.40. The number of thiophene rings is 1. The Morgan fingerprint density at radius 1 is 1.39 bits per heavy atom. The Morgan fingerprint density at radius 3 is 3.06 bits per heavy atom. The Morgan fingerprint density at radius 2 is 2.28 bits per heavy atom. The van der Waals surface area contributed by atoms with E-state index < -0.39 is 0 Å². The van der Waals surface area contributed by atoms with Crippen molar-refractivity contribution in [1.82, 2.24) is 0 Å². The highest BCUT2D eigenvalue weighted by Crippen LogP contribution is 2.28. The molecule has 18 heavy (non-hydrogen) atoms. The molecule has 0 unspecified atom stereocenters. The average molecular weight is 260 g/mol. The van der Waals surface area contributed by atoms with Crippen LogP contribution in [-0.2, 0) is 6.42 Å². The van der Waals surface area contributed by atoms with Crippen LogP contribution in [0, 0.1) is 0 Å². The van der Waals surface area contributed by atoms with Crippen LogP contribution in [-0.4, -0.2) is 19.5 Å². The number of carbonyl (C=O) groups excluding carboxylic acids is 1. The quantitative estimate of drug-likeness (QED) is 0.796. The normalized spacial score (nSPS) is 12.9. The molecule has 0 spiro atoms. The van der Waals surface area contributed by atoms with Crippen molar-refractivity contribution in [3.8, 4) is 11.5 Å². The molecule has 0 fully saturated rings. The monoisotopic (exact) mass is 260 g/mol. The summed E-state index contributed by atoms with van der Waals surface area (Å²) in [4.78, 5) is 13.0. The molecular weight excluding hydrogens is 248 g/mol. The first-order valence-electron chi connectivity index (χ1n) is 5.71. The molecule has 0 bridgehead atoms. The van der Waals surface area contributed by atoms with Gasteiger partial charge in [-0.3, -0.25) is 4.79 Å². The zero-order valence-electron chi connectivity index (χ0n) is 9.93. The molecule has 0 N–H and O–H groups in total. The van der Waals surface area contributed by atoms with Crippen LogP contribution in [0.1, 0.15) is 20.8 Å². The third kappa shape index (κ3) is 1.88. The fourth-order valence-electron chi connectivity index (χ4n) is 2.01. The second-order valence-electron chi connectivity index (χ2n) is 4.10. The van der Waals surface area contributed by atoms with Crippen molar-refractivity contribution < 1.29 is 14.3 Å². The van der Waals surface area contributed by atoms with Gasteiger partial charge in [-0.2, -0.15) is 0 Å². The van der Waals surface area contributed by atoms with Gasteiger partial charge < -0.3 is 9.47 Å². The Hall–Kier alpha value is -1.81. The molecular formula is C14H12O3S. The SMILES string of the molecule is COc1csc(C(=O)c2ccc3c(c2)CCO3)c1. The van der Waals surface area contributed by atoms with E-state index in [2.05, 4.69) is 0 Å². The summed E-state index contributed by atoms with van der Waals surface area (Å²) in [5.41, 5.74) is 1.83. The van der Waals surface area contributed by atoms with Gasteiger partial charge in [-0.25, -0.2) is 0 Å². The van der Waals surface area contributed by atoms with Crippen LogP contribution in [0.4, 0.5) is 0 Å². The van der Waals surface area contributed by atoms with Crippen molar-refractivity contribution >= 4 is 17.1 Å². The molecule has 0 saturated carbocycles. The summed E-state index contributed by atoms with van der Waals surface area (Å²) in [5.74, 6) is 1.67. The van der Waals surface area contributed by atoms with Crippen molar-refractivity contribution in [1.29, 1.82) is 0 Å². The van der Waals surface area contributed by atoms with Crippen LogP contribution in [0.5, 0.6) is 11.5 Å². The fraction of sp³-hybridized carbons (Fsp3) is 0.214. The van der Waals surface area contributed by atoms with Crippen LogP contribution < -0.4 is 9.47 Å². The predicted molar refractivity (Wildman–Crippen MR) is 69.9 cm³/mol. The lowest BCUT2D eigenvalue weighted by molar-refractivity contribution is 0.104. The van der Waals surface area contributed by atoms with Gasteiger partial charge in [0.25, 0.3) is 0 Å². The van der Waals surface area contributed by atoms with E-state index in [9.17, 15) is 4.79 Å². The summed E-state index contributed by atoms with van der Waals surface area (Å²) in [7, 11) is 1.60. The lowest BCUT2D eigenvalue weighted by atomic mass is 10.0. The van der Waals surface area contributed by atoms with E-state index in [1.165, 1.54) is 11.3 Å². The molecule has 2 heterocycles. The Labute approximate surface area is 109 Å². The van der Waals surface area contributed by atoms with Crippen LogP contribution >= 0.6 is 11.3 Å². The summed E-state index contributed by atoms with van der Waals surface area (Å²) >= 11 is 1.40. The van der Waals surface area contributed by atoms with Gasteiger partial charge in [0.2, 0.25) is 5.78 Å². The van der Waals surface area contributed by atoms with Crippen molar-refractivity contribution in [2.45, 2.75) is 6.42 Å². The van der Waals surface area contributed by atoms with Crippen molar-refractivity contribution in [3.63, 3.8) is 0 Å². The first-order chi connectivity index (χ1) is 8.78. The van der Waals surface area contributed by atoms with Gasteiger partial charge in [-0.05, 0) is 23.8 Å². The standard InChI is InChI=1S/C14H12O3S/c1-16-11-7-13(18-8-11)14(15)10-2-3-12-9(6-10)4-5-17-12/h2-3,6-8H,4-5H2,1H3. The molecule has 2 aromatic rings. The molecule has 1 aliphatic heterocycles. The molecule has 0 radical (unpaired) electrons. The van der Waals surface area contributed by atoms with E-state index >= 15 is 0 Å². The number of benzene rings is 1. The molecule has 0 saturated heterocycles. The van der Waals surface area contributed by atoms with Gasteiger partial charge in [0.05, 0.1) is 18.6 Å². The topological polar surface area (TPSA) is 35.5 Å². The summed E-state index contributed by atoms with van der Waals surface area (Å²) in [6.45, 7) is 0.708. The van der Waals surface area contributed by atoms with Crippen LogP contribution in [0.25, 0.3) is 0 Å². The van der Waals surface area contributed by atoms with Gasteiger partial charge in [0.1, 0.15) is 11.5 Å². The Kier molecular flexibility index (Phi) is 2.80. The van der Waals surface area contributed by atoms with E-state index in [-0.39, 0.29) is 5.78 Å². The number of ether oxygens (including phenoxy) is 2. The van der Waals surface area contributed by atoms with Gasteiger partial charge in [0, 0.05) is 23.4 Å². The number of hydrogen-bond acceptors (Lipinski definition) is 4. The number of carbonyl (C=O) groups is 1. The molecule has 1 aromatic heterocycles. The highest BCUT2D eigenvalue weighted by Gasteiger charge is 2.17. The maximum atomic E-state index is 12.3. The second kappa shape index (κ2) is 4.46. The molecule has 0 atom stereocenters. The summed E-state index contributed by atoms with van der Waals surface area (Å²) in [5, 5.41) is 1.84. The van der Waals surface area contributed by atoms with Gasteiger partial charge in [-0.1, -0.05) is 0 Å². The average Bonchev–Trinajstić information content (AvgIpc) is 3.05. The number of rotatable bonds is 3. The Balaban J connectivity index is 1.92. The molecule has 0 amide bonds. The van der Waals surface area contributed by atoms with Gasteiger partial charge in [-0.15, -0.1) is 11.3 Å². The number of hydrogen-bond donors (Lipinski definition) is 0. The largest absolute Gasteiger partial charge is 0.496 e. The van der Waals surface area contributed by atoms with Crippen molar-refractivity contribution in [2.24, 2.45) is 0 Å². The minimum Gasteiger partial charge on any atom is -0.496 e. The second-order valence-corrected chi connectivity index (χ2v) is 5.01. The van der Waals surface area contributed by atoms with Gasteiger partial charge >= 0.3 is 0 Å². The lowest BCUT2D eigenvalue weighted by Gasteiger charge is -2.02.